The number of anilines is 1. The molecule has 0 radical (unpaired) electrons. The third kappa shape index (κ3) is 3.86. The number of carbonyl (C=O) groups excluding carboxylic acids is 1. The average Bonchev–Trinajstić information content (AvgIpc) is 3.24. The van der Waals surface area contributed by atoms with Crippen LogP contribution in [0.5, 0.6) is 0 Å². The number of nitrogens with one attached hydrogen (secondary N) is 1. The number of aryl methyl sites for hydroxylation is 1. The van der Waals surface area contributed by atoms with Crippen LogP contribution in [-0.2, 0) is 12.5 Å². The number of nitrogens with zero attached hydrogens (tertiary/aromatic N) is 5. The second-order valence-electron chi connectivity index (χ2n) is 7.91. The number of pyridine rings is 1. The van der Waals surface area contributed by atoms with E-state index in [1.54, 1.807) is 40.6 Å². The lowest BCUT2D eigenvalue weighted by Gasteiger charge is -2.13. The molecule has 0 fully saturated rings. The molecule has 0 spiro atoms. The topological polar surface area (TPSA) is 77.1 Å². The van der Waals surface area contributed by atoms with Crippen LogP contribution in [0.3, 0.4) is 0 Å². The van der Waals surface area contributed by atoms with Crippen LogP contribution in [0.2, 0.25) is 5.02 Å². The van der Waals surface area contributed by atoms with E-state index in [1.165, 1.54) is 0 Å². The van der Waals surface area contributed by atoms with Gasteiger partial charge in [-0.05, 0) is 30.3 Å². The van der Waals surface area contributed by atoms with Gasteiger partial charge >= 0.3 is 0 Å². The number of hydrogen-bond donors (Lipinski definition) is 1. The van der Waals surface area contributed by atoms with Crippen LogP contribution in [0.4, 0.5) is 5.69 Å². The molecule has 0 bridgehead atoms. The number of fused-ring (bicyclic) bond motifs is 1. The van der Waals surface area contributed by atoms with Crippen LogP contribution in [-0.4, -0.2) is 30.3 Å². The molecule has 0 aliphatic rings. The zero-order valence-electron chi connectivity index (χ0n) is 16.6. The highest BCUT2D eigenvalue weighted by molar-refractivity contribution is 6.30. The van der Waals surface area contributed by atoms with E-state index in [0.717, 1.165) is 11.3 Å². The first-order valence-corrected chi connectivity index (χ1v) is 9.57. The van der Waals surface area contributed by atoms with Crippen molar-refractivity contribution in [1.29, 1.82) is 0 Å². The molecule has 29 heavy (non-hydrogen) atoms. The molecule has 3 aromatic heterocycles. The van der Waals surface area contributed by atoms with Crippen molar-refractivity contribution in [2.24, 2.45) is 7.05 Å². The Kier molecular flexibility index (Phi) is 4.62. The van der Waals surface area contributed by atoms with Crippen molar-refractivity contribution in [2.45, 2.75) is 26.2 Å². The Morgan fingerprint density at radius 3 is 2.59 bits per heavy atom. The van der Waals surface area contributed by atoms with Crippen molar-refractivity contribution in [3.63, 3.8) is 0 Å². The lowest BCUT2D eigenvalue weighted by molar-refractivity contribution is 0.101. The molecule has 4 aromatic rings. The first kappa shape index (κ1) is 19.1. The minimum absolute atomic E-state index is 0.132. The average molecular weight is 409 g/mol. The number of aromatic nitrogens is 5. The van der Waals surface area contributed by atoms with Gasteiger partial charge in [0.2, 0.25) is 0 Å². The van der Waals surface area contributed by atoms with Gasteiger partial charge in [-0.2, -0.15) is 5.10 Å². The van der Waals surface area contributed by atoms with E-state index in [2.05, 4.69) is 41.3 Å². The Balaban J connectivity index is 1.60. The molecule has 0 aliphatic heterocycles. The van der Waals surface area contributed by atoms with Gasteiger partial charge in [-0.1, -0.05) is 44.5 Å². The Morgan fingerprint density at radius 2 is 1.90 bits per heavy atom. The highest BCUT2D eigenvalue weighted by atomic mass is 35.5. The van der Waals surface area contributed by atoms with E-state index >= 15 is 0 Å². The fraction of sp³-hybridized carbons (Fsp3) is 0.238. The first-order valence-electron chi connectivity index (χ1n) is 9.19. The van der Waals surface area contributed by atoms with Gasteiger partial charge in [-0.25, -0.2) is 9.50 Å². The number of benzene rings is 1. The summed E-state index contributed by atoms with van der Waals surface area (Å²) < 4.78 is 3.23. The van der Waals surface area contributed by atoms with Gasteiger partial charge in [-0.15, -0.1) is 5.10 Å². The molecular weight excluding hydrogens is 388 g/mol. The molecule has 0 atom stereocenters. The molecule has 0 saturated heterocycles. The summed E-state index contributed by atoms with van der Waals surface area (Å²) in [6, 6.07) is 12.8. The standard InChI is InChI=1S/C21H21ClN6O/c1-21(2,3)17-11-16(27(4)25-17)20(29)23-15-8-9-18-24-19(26-28(18)12-15)13-6-5-7-14(22)10-13/h5-12H,1-4H3,(H,23,29). The van der Waals surface area contributed by atoms with Crippen LogP contribution in [0.15, 0.2) is 48.7 Å². The second-order valence-corrected chi connectivity index (χ2v) is 8.35. The molecule has 0 unspecified atom stereocenters. The van der Waals surface area contributed by atoms with Gasteiger partial charge in [0.15, 0.2) is 11.5 Å². The minimum Gasteiger partial charge on any atom is -0.319 e. The lowest BCUT2D eigenvalue weighted by Crippen LogP contribution is -2.16. The SMILES string of the molecule is Cn1nc(C(C)(C)C)cc1C(=O)Nc1ccc2nc(-c3cccc(Cl)c3)nn2c1. The van der Waals surface area contributed by atoms with Crippen LogP contribution >= 0.6 is 11.6 Å². The highest BCUT2D eigenvalue weighted by Crippen LogP contribution is 2.23. The van der Waals surface area contributed by atoms with Crippen LogP contribution in [0.1, 0.15) is 37.0 Å². The zero-order valence-corrected chi connectivity index (χ0v) is 17.4. The van der Waals surface area contributed by atoms with Gasteiger partial charge < -0.3 is 5.32 Å². The molecule has 148 valence electrons. The van der Waals surface area contributed by atoms with Crippen molar-refractivity contribution in [2.75, 3.05) is 5.32 Å². The van der Waals surface area contributed by atoms with Crippen molar-refractivity contribution in [3.05, 3.63) is 65.1 Å². The summed E-state index contributed by atoms with van der Waals surface area (Å²) >= 11 is 6.06. The Labute approximate surface area is 173 Å². The van der Waals surface area contributed by atoms with Gasteiger partial charge in [0, 0.05) is 23.0 Å². The third-order valence-corrected chi connectivity index (χ3v) is 4.79. The molecule has 7 nitrogen and oxygen atoms in total. The maximum atomic E-state index is 12.7. The van der Waals surface area contributed by atoms with E-state index in [4.69, 9.17) is 11.6 Å². The summed E-state index contributed by atoms with van der Waals surface area (Å²) in [6.07, 6.45) is 1.73. The largest absolute Gasteiger partial charge is 0.319 e. The van der Waals surface area contributed by atoms with Crippen molar-refractivity contribution in [1.82, 2.24) is 24.4 Å². The number of halogens is 1. The molecule has 0 saturated carbocycles. The Morgan fingerprint density at radius 1 is 1.10 bits per heavy atom. The van der Waals surface area contributed by atoms with Crippen molar-refractivity contribution >= 4 is 28.8 Å². The number of hydrogen-bond acceptors (Lipinski definition) is 4. The molecular formula is C21H21ClN6O. The number of carbonyl (C=O) groups is 1. The predicted octanol–water partition coefficient (Wildman–Crippen LogP) is 4.33. The molecule has 1 amide bonds. The first-order chi connectivity index (χ1) is 13.7. The van der Waals surface area contributed by atoms with Crippen LogP contribution in [0, 0.1) is 0 Å². The summed E-state index contributed by atoms with van der Waals surface area (Å²) in [4.78, 5) is 17.3. The Hall–Kier alpha value is -3.19. The molecule has 1 aromatic carbocycles. The fourth-order valence-corrected chi connectivity index (χ4v) is 3.14. The predicted molar refractivity (Wildman–Crippen MR) is 113 cm³/mol. The fourth-order valence-electron chi connectivity index (χ4n) is 2.95. The summed E-state index contributed by atoms with van der Waals surface area (Å²) in [7, 11) is 1.77. The van der Waals surface area contributed by atoms with Gasteiger partial charge in [-0.3, -0.25) is 9.48 Å². The minimum atomic E-state index is -0.231. The maximum absolute atomic E-state index is 12.7. The molecule has 0 aliphatic carbocycles. The molecule has 3 heterocycles. The zero-order chi connectivity index (χ0) is 20.8. The smallest absolute Gasteiger partial charge is 0.273 e. The van der Waals surface area contributed by atoms with E-state index < -0.39 is 0 Å². The summed E-state index contributed by atoms with van der Waals surface area (Å²) in [5, 5.41) is 12.5. The highest BCUT2D eigenvalue weighted by Gasteiger charge is 2.22. The van der Waals surface area contributed by atoms with E-state index in [1.807, 2.05) is 24.3 Å². The van der Waals surface area contributed by atoms with Gasteiger partial charge in [0.05, 0.1) is 17.6 Å². The molecule has 1 N–H and O–H groups in total. The van der Waals surface area contributed by atoms with E-state index in [0.29, 0.717) is 27.9 Å². The Bertz CT molecular complexity index is 1220. The van der Waals surface area contributed by atoms with Crippen molar-refractivity contribution < 1.29 is 4.79 Å². The molecule has 4 rings (SSSR count). The maximum Gasteiger partial charge on any atom is 0.273 e. The second kappa shape index (κ2) is 7.00. The van der Waals surface area contributed by atoms with Gasteiger partial charge in [0.25, 0.3) is 5.91 Å². The van der Waals surface area contributed by atoms with E-state index in [9.17, 15) is 4.79 Å². The lowest BCUT2D eigenvalue weighted by atomic mass is 9.92. The normalized spacial score (nSPS) is 11.8. The summed E-state index contributed by atoms with van der Waals surface area (Å²) in [6.45, 7) is 6.19. The van der Waals surface area contributed by atoms with Crippen molar-refractivity contribution in [3.8, 4) is 11.4 Å². The van der Waals surface area contributed by atoms with Crippen LogP contribution < -0.4 is 5.32 Å². The van der Waals surface area contributed by atoms with Gasteiger partial charge in [0.1, 0.15) is 5.69 Å². The monoisotopic (exact) mass is 408 g/mol. The summed E-state index contributed by atoms with van der Waals surface area (Å²) in [5.41, 5.74) is 3.34. The van der Waals surface area contributed by atoms with E-state index in [-0.39, 0.29) is 11.3 Å². The number of amides is 1. The third-order valence-electron chi connectivity index (χ3n) is 4.55. The number of rotatable bonds is 3. The quantitative estimate of drug-likeness (QED) is 0.547. The molecule has 8 heteroatoms. The summed E-state index contributed by atoms with van der Waals surface area (Å²) in [5.74, 6) is 0.336. The van der Waals surface area contributed by atoms with Crippen LogP contribution in [0.25, 0.3) is 17.0 Å².